The van der Waals surface area contributed by atoms with E-state index in [1.54, 1.807) is 12.1 Å². The zero-order chi connectivity index (χ0) is 13.4. The quantitative estimate of drug-likeness (QED) is 0.613. The van der Waals surface area contributed by atoms with Gasteiger partial charge in [0.1, 0.15) is 5.82 Å². The van der Waals surface area contributed by atoms with E-state index >= 15 is 0 Å². The van der Waals surface area contributed by atoms with E-state index in [0.717, 1.165) is 30.8 Å². The van der Waals surface area contributed by atoms with Crippen LogP contribution in [0.2, 0.25) is 0 Å². The molecule has 0 spiro atoms. The van der Waals surface area contributed by atoms with E-state index in [4.69, 9.17) is 0 Å². The van der Waals surface area contributed by atoms with Crippen molar-refractivity contribution in [3.05, 3.63) is 40.2 Å². The van der Waals surface area contributed by atoms with E-state index in [9.17, 15) is 10.1 Å². The highest BCUT2D eigenvalue weighted by Gasteiger charge is 2.21. The van der Waals surface area contributed by atoms with Crippen molar-refractivity contribution < 1.29 is 4.92 Å². The van der Waals surface area contributed by atoms with Crippen molar-refractivity contribution in [1.82, 2.24) is 14.8 Å². The van der Waals surface area contributed by atoms with Crippen molar-refractivity contribution in [1.29, 1.82) is 0 Å². The summed E-state index contributed by atoms with van der Waals surface area (Å²) in [6.45, 7) is 3.05. The van der Waals surface area contributed by atoms with Gasteiger partial charge in [0.15, 0.2) is 5.82 Å². The average Bonchev–Trinajstić information content (AvgIpc) is 2.84. The molecule has 1 aromatic heterocycles. The fourth-order valence-electron chi connectivity index (χ4n) is 2.41. The molecular formula is C13H14N4O2. The Bertz CT molecular complexity index is 618. The third-order valence-electron chi connectivity index (χ3n) is 3.48. The molecule has 19 heavy (non-hydrogen) atoms. The van der Waals surface area contributed by atoms with Crippen molar-refractivity contribution in [3.63, 3.8) is 0 Å². The number of nitrogens with zero attached hydrogens (tertiary/aromatic N) is 4. The van der Waals surface area contributed by atoms with Crippen LogP contribution in [0.3, 0.4) is 0 Å². The molecule has 1 aliphatic heterocycles. The lowest BCUT2D eigenvalue weighted by Crippen LogP contribution is -2.14. The second-order valence-corrected chi connectivity index (χ2v) is 4.86. The summed E-state index contributed by atoms with van der Waals surface area (Å²) in [5, 5.41) is 15.1. The summed E-state index contributed by atoms with van der Waals surface area (Å²) < 4.78 is 1.95. The zero-order valence-electron chi connectivity index (χ0n) is 10.6. The van der Waals surface area contributed by atoms with Crippen LogP contribution in [0.15, 0.2) is 24.3 Å². The van der Waals surface area contributed by atoms with Crippen molar-refractivity contribution >= 4 is 5.69 Å². The number of benzene rings is 1. The first kappa shape index (κ1) is 11.8. The molecule has 0 amide bonds. The maximum atomic E-state index is 10.6. The molecular weight excluding hydrogens is 244 g/mol. The van der Waals surface area contributed by atoms with Gasteiger partial charge in [-0.25, -0.2) is 9.67 Å². The van der Waals surface area contributed by atoms with E-state index in [2.05, 4.69) is 17.0 Å². The second-order valence-electron chi connectivity index (χ2n) is 4.86. The number of nitro benzene ring substituents is 1. The van der Waals surface area contributed by atoms with Gasteiger partial charge >= 0.3 is 0 Å². The van der Waals surface area contributed by atoms with Gasteiger partial charge in [0.25, 0.3) is 5.69 Å². The van der Waals surface area contributed by atoms with Gasteiger partial charge in [0.05, 0.1) is 4.92 Å². The molecule has 1 unspecified atom stereocenters. The van der Waals surface area contributed by atoms with Gasteiger partial charge in [-0.05, 0) is 25.0 Å². The van der Waals surface area contributed by atoms with Crippen LogP contribution < -0.4 is 0 Å². The largest absolute Gasteiger partial charge is 0.269 e. The highest BCUT2D eigenvalue weighted by Crippen LogP contribution is 2.27. The van der Waals surface area contributed by atoms with Gasteiger partial charge in [-0.3, -0.25) is 10.1 Å². The van der Waals surface area contributed by atoms with Crippen molar-refractivity contribution in [2.75, 3.05) is 0 Å². The molecule has 0 fully saturated rings. The predicted molar refractivity (Wildman–Crippen MR) is 69.8 cm³/mol. The van der Waals surface area contributed by atoms with Crippen LogP contribution in [0.5, 0.6) is 0 Å². The number of nitro groups is 1. The first-order valence-electron chi connectivity index (χ1n) is 6.35. The molecule has 6 heteroatoms. The SMILES string of the molecule is CC1CCCn2nc(-c3ccc([N+](=O)[O-])cc3)nc21. The van der Waals surface area contributed by atoms with Gasteiger partial charge in [0, 0.05) is 30.2 Å². The highest BCUT2D eigenvalue weighted by atomic mass is 16.6. The zero-order valence-corrected chi connectivity index (χ0v) is 10.6. The van der Waals surface area contributed by atoms with Gasteiger partial charge in [-0.1, -0.05) is 6.92 Å². The van der Waals surface area contributed by atoms with Gasteiger partial charge in [-0.15, -0.1) is 0 Å². The first-order chi connectivity index (χ1) is 9.15. The number of hydrogen-bond acceptors (Lipinski definition) is 4. The fraction of sp³-hybridized carbons (Fsp3) is 0.385. The Labute approximate surface area is 110 Å². The Kier molecular flexibility index (Phi) is 2.77. The molecule has 3 rings (SSSR count). The van der Waals surface area contributed by atoms with Crippen LogP contribution in [0, 0.1) is 10.1 Å². The third kappa shape index (κ3) is 2.09. The maximum absolute atomic E-state index is 10.6. The Balaban J connectivity index is 1.96. The van der Waals surface area contributed by atoms with Crippen LogP contribution in [-0.4, -0.2) is 19.7 Å². The minimum Gasteiger partial charge on any atom is -0.258 e. The molecule has 0 aliphatic carbocycles. The molecule has 2 aromatic rings. The summed E-state index contributed by atoms with van der Waals surface area (Å²) in [5.74, 6) is 2.09. The van der Waals surface area contributed by atoms with Crippen LogP contribution in [0.25, 0.3) is 11.4 Å². The van der Waals surface area contributed by atoms with E-state index in [-0.39, 0.29) is 5.69 Å². The lowest BCUT2D eigenvalue weighted by atomic mass is 10.0. The topological polar surface area (TPSA) is 73.8 Å². The summed E-state index contributed by atoms with van der Waals surface area (Å²) in [5.41, 5.74) is 0.904. The molecule has 0 radical (unpaired) electrons. The summed E-state index contributed by atoms with van der Waals surface area (Å²) in [4.78, 5) is 14.8. The second kappa shape index (κ2) is 4.46. The predicted octanol–water partition coefficient (Wildman–Crippen LogP) is 2.75. The van der Waals surface area contributed by atoms with E-state index in [0.29, 0.717) is 11.7 Å². The summed E-state index contributed by atoms with van der Waals surface area (Å²) in [7, 11) is 0. The molecule has 0 bridgehead atoms. The minimum atomic E-state index is -0.405. The van der Waals surface area contributed by atoms with E-state index < -0.39 is 4.92 Å². The summed E-state index contributed by atoms with van der Waals surface area (Å²) in [6, 6.07) is 6.37. The van der Waals surface area contributed by atoms with Gasteiger partial charge in [0.2, 0.25) is 0 Å². The first-order valence-corrected chi connectivity index (χ1v) is 6.35. The van der Waals surface area contributed by atoms with Crippen molar-refractivity contribution in [2.24, 2.45) is 0 Å². The molecule has 1 aromatic carbocycles. The fourth-order valence-corrected chi connectivity index (χ4v) is 2.41. The highest BCUT2D eigenvalue weighted by molar-refractivity contribution is 5.57. The molecule has 6 nitrogen and oxygen atoms in total. The van der Waals surface area contributed by atoms with Crippen LogP contribution in [-0.2, 0) is 6.54 Å². The molecule has 1 aliphatic rings. The normalized spacial score (nSPS) is 18.1. The van der Waals surface area contributed by atoms with Crippen molar-refractivity contribution in [3.8, 4) is 11.4 Å². The number of rotatable bonds is 2. The summed E-state index contributed by atoms with van der Waals surface area (Å²) in [6.07, 6.45) is 2.26. The third-order valence-corrected chi connectivity index (χ3v) is 3.48. The van der Waals surface area contributed by atoms with Crippen LogP contribution in [0.1, 0.15) is 31.5 Å². The lowest BCUT2D eigenvalue weighted by Gasteiger charge is -2.17. The number of aromatic nitrogens is 3. The Morgan fingerprint density at radius 3 is 2.74 bits per heavy atom. The number of hydrogen-bond donors (Lipinski definition) is 0. The molecule has 2 heterocycles. The standard InChI is InChI=1S/C13H14N4O2/c1-9-3-2-8-16-13(9)14-12(15-16)10-4-6-11(7-5-10)17(18)19/h4-7,9H,2-3,8H2,1H3. The van der Waals surface area contributed by atoms with E-state index in [1.165, 1.54) is 12.1 Å². The molecule has 0 saturated carbocycles. The number of non-ortho nitro benzene ring substituents is 1. The number of fused-ring (bicyclic) bond motifs is 1. The maximum Gasteiger partial charge on any atom is 0.269 e. The summed E-state index contributed by atoms with van der Waals surface area (Å²) >= 11 is 0. The number of aryl methyl sites for hydroxylation is 1. The Morgan fingerprint density at radius 2 is 2.11 bits per heavy atom. The van der Waals surface area contributed by atoms with Gasteiger partial charge in [-0.2, -0.15) is 5.10 Å². The Hall–Kier alpha value is -2.24. The smallest absolute Gasteiger partial charge is 0.258 e. The van der Waals surface area contributed by atoms with Crippen molar-refractivity contribution in [2.45, 2.75) is 32.2 Å². The van der Waals surface area contributed by atoms with Gasteiger partial charge < -0.3 is 0 Å². The average molecular weight is 258 g/mol. The van der Waals surface area contributed by atoms with E-state index in [1.807, 2.05) is 4.68 Å². The molecule has 0 saturated heterocycles. The minimum absolute atomic E-state index is 0.0843. The lowest BCUT2D eigenvalue weighted by molar-refractivity contribution is -0.384. The Morgan fingerprint density at radius 1 is 1.37 bits per heavy atom. The van der Waals surface area contributed by atoms with Crippen LogP contribution in [0.4, 0.5) is 5.69 Å². The molecule has 0 N–H and O–H groups in total. The van der Waals surface area contributed by atoms with Crippen LogP contribution >= 0.6 is 0 Å². The molecule has 1 atom stereocenters. The monoisotopic (exact) mass is 258 g/mol. The molecule has 98 valence electrons.